The fourth-order valence-corrected chi connectivity index (χ4v) is 3.08. The van der Waals surface area contributed by atoms with Crippen molar-refractivity contribution in [1.82, 2.24) is 0 Å². The number of halogens is 1. The molecule has 5 nitrogen and oxygen atoms in total. The summed E-state index contributed by atoms with van der Waals surface area (Å²) in [6, 6.07) is 12.3. The Morgan fingerprint density at radius 1 is 1.23 bits per heavy atom. The molecule has 2 aromatic carbocycles. The molecular weight excluding hydrogens is 348 g/mol. The number of carbonyl (C=O) groups is 1. The van der Waals surface area contributed by atoms with Gasteiger partial charge in [0.1, 0.15) is 0 Å². The van der Waals surface area contributed by atoms with Crippen molar-refractivity contribution >= 4 is 33.2 Å². The average Bonchev–Trinajstić information content (AvgIpc) is 2.54. The van der Waals surface area contributed by atoms with Crippen molar-refractivity contribution in [3.63, 3.8) is 0 Å². The number of hydrogen-bond acceptors (Lipinski definition) is 3. The molecule has 0 atom stereocenters. The van der Waals surface area contributed by atoms with E-state index in [1.807, 2.05) is 24.3 Å². The van der Waals surface area contributed by atoms with Crippen LogP contribution in [0.4, 0.5) is 11.4 Å². The first-order valence-electron chi connectivity index (χ1n) is 6.91. The monoisotopic (exact) mass is 360 g/mol. The fraction of sp³-hybridized carbons (Fsp3) is 0.188. The van der Waals surface area contributed by atoms with Crippen molar-refractivity contribution in [3.8, 4) is 0 Å². The molecule has 0 unspecified atom stereocenters. The first kappa shape index (κ1) is 14.7. The molecule has 6 heteroatoms. The van der Waals surface area contributed by atoms with Crippen LogP contribution in [-0.4, -0.2) is 17.4 Å². The van der Waals surface area contributed by atoms with E-state index >= 15 is 0 Å². The van der Waals surface area contributed by atoms with Crippen LogP contribution in [0.15, 0.2) is 46.9 Å². The summed E-state index contributed by atoms with van der Waals surface area (Å²) in [6.45, 7) is 0.625. The molecule has 0 bridgehead atoms. The van der Waals surface area contributed by atoms with Gasteiger partial charge in [-0.1, -0.05) is 18.2 Å². The van der Waals surface area contributed by atoms with Gasteiger partial charge < -0.3 is 4.90 Å². The van der Waals surface area contributed by atoms with Gasteiger partial charge in [-0.25, -0.2) is 0 Å². The highest BCUT2D eigenvalue weighted by Gasteiger charge is 2.25. The van der Waals surface area contributed by atoms with Crippen LogP contribution in [0.3, 0.4) is 0 Å². The summed E-state index contributed by atoms with van der Waals surface area (Å²) < 4.78 is 0.369. The largest absolute Gasteiger partial charge is 0.308 e. The molecular formula is C16H13BrN2O3. The molecule has 2 aromatic rings. The molecule has 0 fully saturated rings. The maximum Gasteiger partial charge on any atom is 0.284 e. The Kier molecular flexibility index (Phi) is 3.94. The van der Waals surface area contributed by atoms with Crippen molar-refractivity contribution in [3.05, 3.63) is 68.2 Å². The molecule has 3 rings (SSSR count). The molecule has 22 heavy (non-hydrogen) atoms. The number of fused-ring (bicyclic) bond motifs is 1. The number of amides is 1. The number of hydrogen-bond donors (Lipinski definition) is 0. The maximum atomic E-state index is 12.7. The van der Waals surface area contributed by atoms with Crippen LogP contribution in [0.1, 0.15) is 22.3 Å². The van der Waals surface area contributed by atoms with Gasteiger partial charge in [-0.3, -0.25) is 14.9 Å². The van der Waals surface area contributed by atoms with Gasteiger partial charge in [-0.05, 0) is 52.5 Å². The van der Waals surface area contributed by atoms with Crippen LogP contribution >= 0.6 is 15.9 Å². The smallest absolute Gasteiger partial charge is 0.284 e. The zero-order valence-corrected chi connectivity index (χ0v) is 13.2. The van der Waals surface area contributed by atoms with Crippen LogP contribution in [0.2, 0.25) is 0 Å². The highest BCUT2D eigenvalue weighted by atomic mass is 79.9. The molecule has 1 amide bonds. The summed E-state index contributed by atoms with van der Waals surface area (Å²) in [5.74, 6) is -0.206. The predicted octanol–water partition coefficient (Wildman–Crippen LogP) is 3.95. The minimum Gasteiger partial charge on any atom is -0.308 e. The van der Waals surface area contributed by atoms with Gasteiger partial charge in [-0.15, -0.1) is 0 Å². The number of benzene rings is 2. The van der Waals surface area contributed by atoms with E-state index in [0.717, 1.165) is 24.1 Å². The predicted molar refractivity (Wildman–Crippen MR) is 87.2 cm³/mol. The van der Waals surface area contributed by atoms with Crippen LogP contribution in [0, 0.1) is 10.1 Å². The van der Waals surface area contributed by atoms with Crippen molar-refractivity contribution in [2.45, 2.75) is 12.8 Å². The second kappa shape index (κ2) is 5.88. The van der Waals surface area contributed by atoms with Crippen molar-refractivity contribution in [2.24, 2.45) is 0 Å². The second-order valence-electron chi connectivity index (χ2n) is 5.11. The lowest BCUT2D eigenvalue weighted by molar-refractivity contribution is -0.385. The van der Waals surface area contributed by atoms with Crippen LogP contribution < -0.4 is 4.90 Å². The minimum absolute atomic E-state index is 0.101. The molecule has 0 aromatic heterocycles. The topological polar surface area (TPSA) is 63.4 Å². The lowest BCUT2D eigenvalue weighted by Gasteiger charge is -2.29. The molecule has 0 saturated heterocycles. The second-order valence-corrected chi connectivity index (χ2v) is 5.97. The molecule has 0 spiro atoms. The van der Waals surface area contributed by atoms with Gasteiger partial charge in [0.05, 0.1) is 9.40 Å². The van der Waals surface area contributed by atoms with Gasteiger partial charge in [0, 0.05) is 23.9 Å². The summed E-state index contributed by atoms with van der Waals surface area (Å²) >= 11 is 3.14. The van der Waals surface area contributed by atoms with E-state index in [0.29, 0.717) is 16.6 Å². The Labute approximate surface area is 135 Å². The van der Waals surface area contributed by atoms with Crippen molar-refractivity contribution < 1.29 is 9.72 Å². The van der Waals surface area contributed by atoms with E-state index in [1.165, 1.54) is 6.07 Å². The zero-order chi connectivity index (χ0) is 15.7. The first-order chi connectivity index (χ1) is 10.6. The number of nitro benzene ring substituents is 1. The number of rotatable bonds is 2. The molecule has 0 saturated carbocycles. The standard InChI is InChI=1S/C16H13BrN2O3/c17-13-8-7-12(10-15(13)19(21)22)16(20)18-9-3-5-11-4-1-2-6-14(11)18/h1-2,4,6-8,10H,3,5,9H2. The lowest BCUT2D eigenvalue weighted by atomic mass is 10.0. The van der Waals surface area contributed by atoms with Crippen molar-refractivity contribution in [2.75, 3.05) is 11.4 Å². The van der Waals surface area contributed by atoms with Gasteiger partial charge in [0.25, 0.3) is 11.6 Å². The summed E-state index contributed by atoms with van der Waals surface area (Å²) in [7, 11) is 0. The van der Waals surface area contributed by atoms with Gasteiger partial charge in [0.2, 0.25) is 0 Å². The summed E-state index contributed by atoms with van der Waals surface area (Å²) in [5, 5.41) is 11.0. The Hall–Kier alpha value is -2.21. The van der Waals surface area contributed by atoms with E-state index in [9.17, 15) is 14.9 Å². The quantitative estimate of drug-likeness (QED) is 0.601. The molecule has 1 aliphatic rings. The third kappa shape index (κ3) is 2.62. The Morgan fingerprint density at radius 2 is 2.00 bits per heavy atom. The Morgan fingerprint density at radius 3 is 2.77 bits per heavy atom. The maximum absolute atomic E-state index is 12.7. The van der Waals surface area contributed by atoms with Gasteiger partial charge >= 0.3 is 0 Å². The number of nitro groups is 1. The molecule has 112 valence electrons. The number of aryl methyl sites for hydroxylation is 1. The number of nitrogens with zero attached hydrogens (tertiary/aromatic N) is 2. The number of carbonyl (C=O) groups excluding carboxylic acids is 1. The van der Waals surface area contributed by atoms with E-state index in [1.54, 1.807) is 17.0 Å². The van der Waals surface area contributed by atoms with E-state index < -0.39 is 4.92 Å². The van der Waals surface area contributed by atoms with E-state index in [2.05, 4.69) is 15.9 Å². The Bertz CT molecular complexity index is 761. The SMILES string of the molecule is O=C(c1ccc(Br)c([N+](=O)[O-])c1)N1CCCc2ccccc21. The van der Waals surface area contributed by atoms with Gasteiger partial charge in [-0.2, -0.15) is 0 Å². The van der Waals surface area contributed by atoms with Crippen LogP contribution in [0.25, 0.3) is 0 Å². The highest BCUT2D eigenvalue weighted by molar-refractivity contribution is 9.10. The summed E-state index contributed by atoms with van der Waals surface area (Å²) in [6.07, 6.45) is 1.84. The lowest BCUT2D eigenvalue weighted by Crippen LogP contribution is -2.35. The normalized spacial score (nSPS) is 13.6. The molecule has 0 N–H and O–H groups in total. The third-order valence-corrected chi connectivity index (χ3v) is 4.42. The molecule has 1 heterocycles. The van der Waals surface area contributed by atoms with E-state index in [4.69, 9.17) is 0 Å². The van der Waals surface area contributed by atoms with E-state index in [-0.39, 0.29) is 11.6 Å². The Balaban J connectivity index is 1.99. The molecule has 0 aliphatic carbocycles. The summed E-state index contributed by atoms with van der Waals surface area (Å²) in [5.41, 5.74) is 2.25. The van der Waals surface area contributed by atoms with Crippen molar-refractivity contribution in [1.29, 1.82) is 0 Å². The van der Waals surface area contributed by atoms with Crippen LogP contribution in [-0.2, 0) is 6.42 Å². The summed E-state index contributed by atoms with van der Waals surface area (Å²) in [4.78, 5) is 25.0. The number of anilines is 1. The van der Waals surface area contributed by atoms with Gasteiger partial charge in [0.15, 0.2) is 0 Å². The number of para-hydroxylation sites is 1. The third-order valence-electron chi connectivity index (χ3n) is 3.75. The molecule has 1 aliphatic heterocycles. The van der Waals surface area contributed by atoms with Crippen LogP contribution in [0.5, 0.6) is 0 Å². The molecule has 0 radical (unpaired) electrons. The minimum atomic E-state index is -0.495. The zero-order valence-electron chi connectivity index (χ0n) is 11.7. The fourth-order valence-electron chi connectivity index (χ4n) is 2.69. The first-order valence-corrected chi connectivity index (χ1v) is 7.71. The highest BCUT2D eigenvalue weighted by Crippen LogP contribution is 2.30. The average molecular weight is 361 g/mol.